The number of nitrogens with zero attached hydrogens (tertiary/aromatic N) is 1. The van der Waals surface area contributed by atoms with E-state index in [-0.39, 0.29) is 17.1 Å². The fraction of sp³-hybridized carbons (Fsp3) is 0.0833. The molecule has 0 bridgehead atoms. The Morgan fingerprint density at radius 2 is 1.81 bits per heavy atom. The highest BCUT2D eigenvalue weighted by Crippen LogP contribution is 2.42. The Morgan fingerprint density at radius 3 is 2.52 bits per heavy atom. The van der Waals surface area contributed by atoms with Crippen molar-refractivity contribution in [2.24, 2.45) is 0 Å². The van der Waals surface area contributed by atoms with Crippen molar-refractivity contribution in [3.63, 3.8) is 0 Å². The van der Waals surface area contributed by atoms with Crippen molar-refractivity contribution in [1.29, 1.82) is 0 Å². The molecule has 5 rings (SSSR count). The molecule has 0 spiro atoms. The molecule has 1 amide bonds. The number of carbonyl (C=O) groups excluding carboxylic acids is 1. The maximum absolute atomic E-state index is 13.5. The normalized spacial score (nSPS) is 15.4. The fourth-order valence-electron chi connectivity index (χ4n) is 3.94. The maximum Gasteiger partial charge on any atom is 0.295 e. The monoisotopic (exact) mass is 495 g/mol. The van der Waals surface area contributed by atoms with Gasteiger partial charge in [0, 0.05) is 15.2 Å². The summed E-state index contributed by atoms with van der Waals surface area (Å²) in [5, 5.41) is 0.766. The van der Waals surface area contributed by atoms with Gasteiger partial charge in [-0.15, -0.1) is 0 Å². The average molecular weight is 497 g/mol. The van der Waals surface area contributed by atoms with E-state index in [4.69, 9.17) is 20.8 Å². The van der Waals surface area contributed by atoms with E-state index in [1.165, 1.54) is 0 Å². The number of halogens is 2. The molecular weight excluding hydrogens is 482 g/mol. The number of hydrogen-bond donors (Lipinski definition) is 0. The van der Waals surface area contributed by atoms with E-state index in [9.17, 15) is 9.59 Å². The second kappa shape index (κ2) is 7.55. The smallest absolute Gasteiger partial charge is 0.295 e. The maximum atomic E-state index is 13.5. The minimum absolute atomic E-state index is 0.0422. The first-order chi connectivity index (χ1) is 15.0. The minimum Gasteiger partial charge on any atom is -0.497 e. The quantitative estimate of drug-likeness (QED) is 0.351. The zero-order chi connectivity index (χ0) is 21.7. The minimum atomic E-state index is -0.651. The van der Waals surface area contributed by atoms with E-state index in [0.717, 1.165) is 10.0 Å². The van der Waals surface area contributed by atoms with Crippen LogP contribution in [0.25, 0.3) is 11.0 Å². The summed E-state index contributed by atoms with van der Waals surface area (Å²) in [5.41, 5.74) is 1.76. The molecule has 4 aromatic rings. The molecule has 1 unspecified atom stereocenters. The highest BCUT2D eigenvalue weighted by molar-refractivity contribution is 9.10. The van der Waals surface area contributed by atoms with Gasteiger partial charge in [-0.25, -0.2) is 0 Å². The lowest BCUT2D eigenvalue weighted by Gasteiger charge is -2.25. The van der Waals surface area contributed by atoms with E-state index in [0.29, 0.717) is 33.0 Å². The van der Waals surface area contributed by atoms with Gasteiger partial charge in [-0.3, -0.25) is 14.5 Å². The molecule has 0 radical (unpaired) electrons. The van der Waals surface area contributed by atoms with Crippen molar-refractivity contribution in [1.82, 2.24) is 0 Å². The summed E-state index contributed by atoms with van der Waals surface area (Å²) < 4.78 is 12.0. The van der Waals surface area contributed by atoms with Crippen LogP contribution in [0.3, 0.4) is 0 Å². The Labute approximate surface area is 190 Å². The van der Waals surface area contributed by atoms with Crippen molar-refractivity contribution < 1.29 is 13.9 Å². The first kappa shape index (κ1) is 19.8. The molecule has 1 aliphatic heterocycles. The van der Waals surface area contributed by atoms with Crippen LogP contribution in [0.4, 0.5) is 5.69 Å². The van der Waals surface area contributed by atoms with Gasteiger partial charge in [-0.2, -0.15) is 0 Å². The van der Waals surface area contributed by atoms with Crippen LogP contribution in [-0.2, 0) is 0 Å². The summed E-state index contributed by atoms with van der Waals surface area (Å²) in [5.74, 6) is 0.350. The number of fused-ring (bicyclic) bond motifs is 2. The van der Waals surface area contributed by atoms with Gasteiger partial charge >= 0.3 is 0 Å². The van der Waals surface area contributed by atoms with Gasteiger partial charge in [-0.1, -0.05) is 45.7 Å². The van der Waals surface area contributed by atoms with Gasteiger partial charge in [0.25, 0.3) is 5.91 Å². The molecule has 5 nitrogen and oxygen atoms in total. The van der Waals surface area contributed by atoms with E-state index < -0.39 is 6.04 Å². The SMILES string of the molecule is COc1ccc(C2c3c(oc4ccc(Cl)cc4c3=O)C(=O)N2c2cccc(Br)c2)cc1. The third-order valence-electron chi connectivity index (χ3n) is 5.35. The lowest BCUT2D eigenvalue weighted by atomic mass is 9.98. The van der Waals surface area contributed by atoms with Gasteiger partial charge in [0.05, 0.1) is 24.1 Å². The van der Waals surface area contributed by atoms with Gasteiger partial charge in [0.15, 0.2) is 5.43 Å². The average Bonchev–Trinajstić information content (AvgIpc) is 3.07. The molecule has 1 aromatic heterocycles. The Morgan fingerprint density at radius 1 is 1.03 bits per heavy atom. The number of anilines is 1. The summed E-state index contributed by atoms with van der Waals surface area (Å²) >= 11 is 9.59. The van der Waals surface area contributed by atoms with Crippen LogP contribution >= 0.6 is 27.5 Å². The number of carbonyl (C=O) groups is 1. The predicted octanol–water partition coefficient (Wildman–Crippen LogP) is 5.97. The van der Waals surface area contributed by atoms with Crippen molar-refractivity contribution in [3.05, 3.63) is 103 Å². The highest BCUT2D eigenvalue weighted by Gasteiger charge is 2.43. The molecule has 1 aliphatic rings. The van der Waals surface area contributed by atoms with E-state index in [1.807, 2.05) is 36.4 Å². The third kappa shape index (κ3) is 3.23. The first-order valence-corrected chi connectivity index (χ1v) is 10.6. The lowest BCUT2D eigenvalue weighted by molar-refractivity contribution is 0.0971. The molecule has 31 heavy (non-hydrogen) atoms. The molecule has 0 fully saturated rings. The Hall–Kier alpha value is -3.09. The Kier molecular flexibility index (Phi) is 4.84. The molecule has 154 valence electrons. The summed E-state index contributed by atoms with van der Waals surface area (Å²) in [7, 11) is 1.59. The largest absolute Gasteiger partial charge is 0.497 e. The molecule has 2 heterocycles. The van der Waals surface area contributed by atoms with Crippen LogP contribution in [0.1, 0.15) is 27.7 Å². The van der Waals surface area contributed by atoms with E-state index in [2.05, 4.69) is 15.9 Å². The van der Waals surface area contributed by atoms with Crippen LogP contribution < -0.4 is 15.1 Å². The molecule has 0 saturated heterocycles. The van der Waals surface area contributed by atoms with Crippen molar-refractivity contribution in [2.45, 2.75) is 6.04 Å². The first-order valence-electron chi connectivity index (χ1n) is 9.47. The second-order valence-electron chi connectivity index (χ2n) is 7.15. The topological polar surface area (TPSA) is 59.8 Å². The summed E-state index contributed by atoms with van der Waals surface area (Å²) in [6, 6.07) is 18.8. The zero-order valence-corrected chi connectivity index (χ0v) is 18.6. The molecule has 3 aromatic carbocycles. The molecular formula is C24H15BrClNO4. The van der Waals surface area contributed by atoms with Crippen molar-refractivity contribution in [3.8, 4) is 5.75 Å². The number of benzene rings is 3. The fourth-order valence-corrected chi connectivity index (χ4v) is 4.50. The molecule has 0 aliphatic carbocycles. The van der Waals surface area contributed by atoms with Crippen LogP contribution in [-0.4, -0.2) is 13.0 Å². The number of amides is 1. The van der Waals surface area contributed by atoms with Crippen LogP contribution in [0, 0.1) is 0 Å². The summed E-state index contributed by atoms with van der Waals surface area (Å²) in [6.45, 7) is 0. The van der Waals surface area contributed by atoms with E-state index in [1.54, 1.807) is 42.3 Å². The molecule has 0 saturated carbocycles. The van der Waals surface area contributed by atoms with Gasteiger partial charge in [0.1, 0.15) is 11.3 Å². The van der Waals surface area contributed by atoms with Gasteiger partial charge < -0.3 is 9.15 Å². The highest BCUT2D eigenvalue weighted by atomic mass is 79.9. The summed E-state index contributed by atoms with van der Waals surface area (Å²) in [6.07, 6.45) is 0. The van der Waals surface area contributed by atoms with Crippen LogP contribution in [0.5, 0.6) is 5.75 Å². The van der Waals surface area contributed by atoms with Gasteiger partial charge in [0.2, 0.25) is 5.76 Å². The van der Waals surface area contributed by atoms with Crippen LogP contribution in [0.15, 0.2) is 80.4 Å². The number of rotatable bonds is 3. The predicted molar refractivity (Wildman–Crippen MR) is 123 cm³/mol. The van der Waals surface area contributed by atoms with E-state index >= 15 is 0 Å². The standard InChI is InChI=1S/C24H15BrClNO4/c1-30-17-8-5-13(6-9-17)21-20-22(28)18-12-15(26)7-10-19(18)31-23(20)24(29)27(21)16-4-2-3-14(25)11-16/h2-12,21H,1H3. The molecule has 7 heteroatoms. The zero-order valence-electron chi connectivity index (χ0n) is 16.3. The lowest BCUT2D eigenvalue weighted by Crippen LogP contribution is -2.29. The van der Waals surface area contributed by atoms with Gasteiger partial charge in [-0.05, 0) is 54.1 Å². The number of hydrogen-bond acceptors (Lipinski definition) is 4. The second-order valence-corrected chi connectivity index (χ2v) is 8.50. The Bertz CT molecular complexity index is 1400. The number of methoxy groups -OCH3 is 1. The Balaban J connectivity index is 1.80. The number of ether oxygens (including phenoxy) is 1. The molecule has 1 atom stereocenters. The van der Waals surface area contributed by atoms with Crippen molar-refractivity contribution >= 4 is 50.1 Å². The molecule has 0 N–H and O–H groups in total. The third-order valence-corrected chi connectivity index (χ3v) is 6.08. The van der Waals surface area contributed by atoms with Crippen LogP contribution in [0.2, 0.25) is 5.02 Å². The van der Waals surface area contributed by atoms with Crippen molar-refractivity contribution in [2.75, 3.05) is 12.0 Å². The summed E-state index contributed by atoms with van der Waals surface area (Å²) in [4.78, 5) is 28.6.